The van der Waals surface area contributed by atoms with Crippen LogP contribution in [0.2, 0.25) is 0 Å². The molecular weight excluding hydrogens is 252 g/mol. The Morgan fingerprint density at radius 2 is 1.80 bits per heavy atom. The molecule has 0 aliphatic carbocycles. The summed E-state index contributed by atoms with van der Waals surface area (Å²) in [6.07, 6.45) is 0. The molecule has 98 valence electrons. The number of nitrogens with two attached hydrogens (primary N) is 1. The van der Waals surface area contributed by atoms with E-state index in [1.165, 1.54) is 0 Å². The second kappa shape index (κ2) is 4.97. The lowest BCUT2D eigenvalue weighted by molar-refractivity contribution is 0.102. The summed E-state index contributed by atoms with van der Waals surface area (Å²) >= 11 is 0. The van der Waals surface area contributed by atoms with Gasteiger partial charge in [0.1, 0.15) is 17.3 Å². The molecule has 1 aromatic carbocycles. The highest BCUT2D eigenvalue weighted by atomic mass is 16.1. The molecule has 3 aromatic rings. The topological polar surface area (TPSA) is 80.9 Å². The number of nitrogen functional groups attached to an aromatic ring is 1. The molecule has 0 atom stereocenters. The van der Waals surface area contributed by atoms with Crippen molar-refractivity contribution < 1.29 is 4.79 Å². The number of nitrogens with one attached hydrogen (secondary N) is 1. The molecule has 1 amide bonds. The SMILES string of the molecule is Nc1cccc(NC(=O)c2ccc3ccccc3n2)n1. The fourth-order valence-corrected chi connectivity index (χ4v) is 1.89. The van der Waals surface area contributed by atoms with Crippen molar-refractivity contribution >= 4 is 28.4 Å². The molecule has 0 saturated heterocycles. The van der Waals surface area contributed by atoms with Crippen molar-refractivity contribution in [3.63, 3.8) is 0 Å². The minimum atomic E-state index is -0.311. The van der Waals surface area contributed by atoms with Crippen molar-refractivity contribution in [1.82, 2.24) is 9.97 Å². The molecule has 3 rings (SSSR count). The molecule has 0 bridgehead atoms. The molecule has 2 heterocycles. The van der Waals surface area contributed by atoms with Crippen LogP contribution >= 0.6 is 0 Å². The Morgan fingerprint density at radius 3 is 2.65 bits per heavy atom. The molecule has 0 spiro atoms. The summed E-state index contributed by atoms with van der Waals surface area (Å²) in [7, 11) is 0. The molecule has 0 aliphatic heterocycles. The maximum atomic E-state index is 12.1. The third-order valence-corrected chi connectivity index (χ3v) is 2.84. The van der Waals surface area contributed by atoms with Gasteiger partial charge in [-0.1, -0.05) is 30.3 Å². The number of fused-ring (bicyclic) bond motifs is 1. The number of rotatable bonds is 2. The number of carbonyl (C=O) groups is 1. The highest BCUT2D eigenvalue weighted by Gasteiger charge is 2.09. The van der Waals surface area contributed by atoms with Gasteiger partial charge in [-0.2, -0.15) is 0 Å². The fourth-order valence-electron chi connectivity index (χ4n) is 1.89. The highest BCUT2D eigenvalue weighted by molar-refractivity contribution is 6.03. The van der Waals surface area contributed by atoms with E-state index in [0.717, 1.165) is 10.9 Å². The smallest absolute Gasteiger partial charge is 0.275 e. The summed E-state index contributed by atoms with van der Waals surface area (Å²) < 4.78 is 0. The Kier molecular flexibility index (Phi) is 3.01. The van der Waals surface area contributed by atoms with E-state index in [1.54, 1.807) is 24.3 Å². The van der Waals surface area contributed by atoms with Gasteiger partial charge in [0, 0.05) is 5.39 Å². The first-order chi connectivity index (χ1) is 9.72. The van der Waals surface area contributed by atoms with Gasteiger partial charge in [-0.05, 0) is 24.3 Å². The Morgan fingerprint density at radius 1 is 0.950 bits per heavy atom. The van der Waals surface area contributed by atoms with Crippen LogP contribution in [0.3, 0.4) is 0 Å². The largest absolute Gasteiger partial charge is 0.384 e. The van der Waals surface area contributed by atoms with Gasteiger partial charge in [-0.15, -0.1) is 0 Å². The molecule has 2 aromatic heterocycles. The predicted octanol–water partition coefficient (Wildman–Crippen LogP) is 2.46. The Bertz CT molecular complexity index is 785. The van der Waals surface area contributed by atoms with Gasteiger partial charge in [-0.25, -0.2) is 9.97 Å². The third-order valence-electron chi connectivity index (χ3n) is 2.84. The van der Waals surface area contributed by atoms with Crippen LogP contribution in [0.1, 0.15) is 10.5 Å². The van der Waals surface area contributed by atoms with Crippen molar-refractivity contribution in [1.29, 1.82) is 0 Å². The monoisotopic (exact) mass is 264 g/mol. The zero-order valence-corrected chi connectivity index (χ0v) is 10.6. The molecule has 20 heavy (non-hydrogen) atoms. The van der Waals surface area contributed by atoms with Crippen LogP contribution in [-0.4, -0.2) is 15.9 Å². The number of hydrogen-bond acceptors (Lipinski definition) is 4. The quantitative estimate of drug-likeness (QED) is 0.745. The molecule has 5 heteroatoms. The van der Waals surface area contributed by atoms with E-state index < -0.39 is 0 Å². The molecule has 0 aliphatic rings. The fraction of sp³-hybridized carbons (Fsp3) is 0. The number of hydrogen-bond donors (Lipinski definition) is 2. The highest BCUT2D eigenvalue weighted by Crippen LogP contribution is 2.13. The molecule has 5 nitrogen and oxygen atoms in total. The van der Waals surface area contributed by atoms with Crippen LogP contribution in [-0.2, 0) is 0 Å². The van der Waals surface area contributed by atoms with E-state index in [0.29, 0.717) is 17.3 Å². The molecule has 0 unspecified atom stereocenters. The van der Waals surface area contributed by atoms with Gasteiger partial charge < -0.3 is 11.1 Å². The van der Waals surface area contributed by atoms with E-state index in [1.807, 2.05) is 30.3 Å². The van der Waals surface area contributed by atoms with Crippen LogP contribution in [0, 0.1) is 0 Å². The molecule has 0 fully saturated rings. The maximum absolute atomic E-state index is 12.1. The number of pyridine rings is 2. The number of para-hydroxylation sites is 1. The zero-order chi connectivity index (χ0) is 13.9. The summed E-state index contributed by atoms with van der Waals surface area (Å²) in [5.41, 5.74) is 6.69. The minimum absolute atomic E-state index is 0.311. The predicted molar refractivity (Wildman–Crippen MR) is 78.3 cm³/mol. The summed E-state index contributed by atoms with van der Waals surface area (Å²) in [6.45, 7) is 0. The Labute approximate surface area is 115 Å². The average molecular weight is 264 g/mol. The van der Waals surface area contributed by atoms with E-state index in [4.69, 9.17) is 5.73 Å². The molecular formula is C15H12N4O. The van der Waals surface area contributed by atoms with Gasteiger partial charge in [0.15, 0.2) is 0 Å². The van der Waals surface area contributed by atoms with Crippen molar-refractivity contribution in [3.8, 4) is 0 Å². The van der Waals surface area contributed by atoms with Gasteiger partial charge in [-0.3, -0.25) is 4.79 Å². The van der Waals surface area contributed by atoms with Gasteiger partial charge >= 0.3 is 0 Å². The van der Waals surface area contributed by atoms with Crippen molar-refractivity contribution in [2.45, 2.75) is 0 Å². The molecule has 3 N–H and O–H groups in total. The molecule has 0 saturated carbocycles. The van der Waals surface area contributed by atoms with E-state index in [9.17, 15) is 4.79 Å². The van der Waals surface area contributed by atoms with Crippen LogP contribution < -0.4 is 11.1 Å². The second-order valence-corrected chi connectivity index (χ2v) is 4.29. The van der Waals surface area contributed by atoms with E-state index in [2.05, 4.69) is 15.3 Å². The van der Waals surface area contributed by atoms with E-state index in [-0.39, 0.29) is 5.91 Å². The average Bonchev–Trinajstić information content (AvgIpc) is 2.47. The first kappa shape index (κ1) is 12.1. The summed E-state index contributed by atoms with van der Waals surface area (Å²) in [5.74, 6) is 0.452. The van der Waals surface area contributed by atoms with Gasteiger partial charge in [0.25, 0.3) is 5.91 Å². The lowest BCUT2D eigenvalue weighted by Crippen LogP contribution is -2.14. The number of anilines is 2. The third kappa shape index (κ3) is 2.42. The summed E-state index contributed by atoms with van der Waals surface area (Å²) in [6, 6.07) is 16.2. The standard InChI is InChI=1S/C15H12N4O/c16-13-6-3-7-14(18-13)19-15(20)12-9-8-10-4-1-2-5-11(10)17-12/h1-9H,(H3,16,18,19,20). The first-order valence-corrected chi connectivity index (χ1v) is 6.12. The maximum Gasteiger partial charge on any atom is 0.275 e. The Hall–Kier alpha value is -2.95. The Balaban J connectivity index is 1.88. The summed E-state index contributed by atoms with van der Waals surface area (Å²) in [4.78, 5) is 20.5. The zero-order valence-electron chi connectivity index (χ0n) is 10.6. The van der Waals surface area contributed by atoms with Gasteiger partial charge in [0.2, 0.25) is 0 Å². The lowest BCUT2D eigenvalue weighted by atomic mass is 10.2. The molecule has 0 radical (unpaired) electrons. The van der Waals surface area contributed by atoms with Crippen molar-refractivity contribution in [2.75, 3.05) is 11.1 Å². The van der Waals surface area contributed by atoms with Crippen molar-refractivity contribution in [2.24, 2.45) is 0 Å². The second-order valence-electron chi connectivity index (χ2n) is 4.29. The van der Waals surface area contributed by atoms with Crippen LogP contribution in [0.15, 0.2) is 54.6 Å². The number of carbonyl (C=O) groups excluding carboxylic acids is 1. The van der Waals surface area contributed by atoms with Crippen LogP contribution in [0.4, 0.5) is 11.6 Å². The normalized spacial score (nSPS) is 10.4. The number of nitrogens with zero attached hydrogens (tertiary/aromatic N) is 2. The van der Waals surface area contributed by atoms with E-state index >= 15 is 0 Å². The minimum Gasteiger partial charge on any atom is -0.384 e. The lowest BCUT2D eigenvalue weighted by Gasteiger charge is -2.05. The number of amides is 1. The van der Waals surface area contributed by atoms with Crippen molar-refractivity contribution in [3.05, 3.63) is 60.3 Å². The van der Waals surface area contributed by atoms with Crippen LogP contribution in [0.5, 0.6) is 0 Å². The number of aromatic nitrogens is 2. The number of benzene rings is 1. The van der Waals surface area contributed by atoms with Gasteiger partial charge in [0.05, 0.1) is 5.52 Å². The van der Waals surface area contributed by atoms with Crippen LogP contribution in [0.25, 0.3) is 10.9 Å². The first-order valence-electron chi connectivity index (χ1n) is 6.12. The summed E-state index contributed by atoms with van der Waals surface area (Å²) in [5, 5.41) is 3.66.